The molecule has 2 aliphatic heterocycles. The first-order chi connectivity index (χ1) is 10.9. The van der Waals surface area contributed by atoms with E-state index in [0.717, 1.165) is 43.1 Å². The van der Waals surface area contributed by atoms with Gasteiger partial charge in [-0.1, -0.05) is 12.1 Å². The van der Waals surface area contributed by atoms with Crippen LogP contribution in [0.4, 0.5) is 24.7 Å². The van der Waals surface area contributed by atoms with Gasteiger partial charge >= 0.3 is 6.18 Å². The van der Waals surface area contributed by atoms with E-state index in [1.54, 1.807) is 12.3 Å². The van der Waals surface area contributed by atoms with E-state index in [4.69, 9.17) is 0 Å². The molecule has 1 unspecified atom stereocenters. The molecular weight excluding hydrogens is 305 g/mol. The summed E-state index contributed by atoms with van der Waals surface area (Å²) in [5.74, 6) is 1.12. The van der Waals surface area contributed by atoms with E-state index < -0.39 is 11.7 Å². The number of alkyl halides is 3. The second-order valence-electron chi connectivity index (χ2n) is 5.98. The molecule has 2 aliphatic rings. The van der Waals surface area contributed by atoms with Crippen LogP contribution in [0.3, 0.4) is 0 Å². The zero-order chi connectivity index (χ0) is 16.2. The zero-order valence-electron chi connectivity index (χ0n) is 12.5. The molecule has 1 atom stereocenters. The molecule has 4 rings (SSSR count). The third-order valence-electron chi connectivity index (χ3n) is 4.58. The number of aromatic nitrogens is 2. The van der Waals surface area contributed by atoms with Gasteiger partial charge in [0.25, 0.3) is 0 Å². The van der Waals surface area contributed by atoms with Crippen LogP contribution in [0.25, 0.3) is 11.4 Å². The second-order valence-corrected chi connectivity index (χ2v) is 5.98. The number of hydrogen-bond donors (Lipinski definition) is 0. The van der Waals surface area contributed by atoms with Gasteiger partial charge in [-0.05, 0) is 18.6 Å². The Kier molecular flexibility index (Phi) is 3.01. The highest BCUT2D eigenvalue weighted by molar-refractivity contribution is 5.73. The van der Waals surface area contributed by atoms with Gasteiger partial charge in [-0.25, -0.2) is 9.97 Å². The zero-order valence-corrected chi connectivity index (χ0v) is 12.5. The van der Waals surface area contributed by atoms with Gasteiger partial charge in [-0.15, -0.1) is 0 Å². The van der Waals surface area contributed by atoms with Crippen LogP contribution in [0, 0.1) is 0 Å². The first kappa shape index (κ1) is 14.3. The van der Waals surface area contributed by atoms with Crippen molar-refractivity contribution in [2.75, 3.05) is 29.9 Å². The number of hydrogen-bond acceptors (Lipinski definition) is 4. The molecule has 0 spiro atoms. The third-order valence-corrected chi connectivity index (χ3v) is 4.58. The van der Waals surface area contributed by atoms with Gasteiger partial charge in [-0.2, -0.15) is 13.2 Å². The Morgan fingerprint density at radius 3 is 2.87 bits per heavy atom. The minimum Gasteiger partial charge on any atom is -0.365 e. The van der Waals surface area contributed by atoms with Crippen molar-refractivity contribution in [1.29, 1.82) is 0 Å². The van der Waals surface area contributed by atoms with Gasteiger partial charge < -0.3 is 9.80 Å². The minimum absolute atomic E-state index is 0.323. The van der Waals surface area contributed by atoms with Crippen LogP contribution >= 0.6 is 0 Å². The molecule has 1 saturated heterocycles. The van der Waals surface area contributed by atoms with E-state index in [0.29, 0.717) is 17.4 Å². The van der Waals surface area contributed by atoms with Gasteiger partial charge in [0, 0.05) is 31.7 Å². The maximum atomic E-state index is 12.9. The summed E-state index contributed by atoms with van der Waals surface area (Å²) in [6.45, 7) is 1.92. The highest BCUT2D eigenvalue weighted by atomic mass is 19.4. The SMILES string of the molecule is CN1c2nc(-c3cccc(C(F)(F)F)c3)ncc2N2CCC1C2. The van der Waals surface area contributed by atoms with Gasteiger partial charge in [0.05, 0.1) is 17.4 Å². The Bertz CT molecular complexity index is 759. The third kappa shape index (κ3) is 2.31. The van der Waals surface area contributed by atoms with Gasteiger partial charge in [-0.3, -0.25) is 0 Å². The van der Waals surface area contributed by atoms with E-state index >= 15 is 0 Å². The van der Waals surface area contributed by atoms with Crippen LogP contribution in [0.1, 0.15) is 12.0 Å². The molecule has 1 fully saturated rings. The smallest absolute Gasteiger partial charge is 0.365 e. The maximum absolute atomic E-state index is 12.9. The van der Waals surface area contributed by atoms with Crippen molar-refractivity contribution in [3.8, 4) is 11.4 Å². The Hall–Kier alpha value is -2.31. The maximum Gasteiger partial charge on any atom is 0.416 e. The monoisotopic (exact) mass is 320 g/mol. The van der Waals surface area contributed by atoms with E-state index in [-0.39, 0.29) is 0 Å². The molecular formula is C16H15F3N4. The number of rotatable bonds is 1. The van der Waals surface area contributed by atoms with E-state index in [9.17, 15) is 13.2 Å². The standard InChI is InChI=1S/C16H15F3N4/c1-22-12-5-6-23(9-12)13-8-20-14(21-15(13)22)10-3-2-4-11(7-10)16(17,18)19/h2-4,7-8,12H,5-6,9H2,1H3. The lowest BCUT2D eigenvalue weighted by Crippen LogP contribution is -2.40. The normalized spacial score (nSPS) is 19.9. The molecule has 0 N–H and O–H groups in total. The Morgan fingerprint density at radius 1 is 1.26 bits per heavy atom. The molecule has 23 heavy (non-hydrogen) atoms. The first-order valence-corrected chi connectivity index (χ1v) is 7.46. The molecule has 2 bridgehead atoms. The van der Waals surface area contributed by atoms with Crippen molar-refractivity contribution in [2.45, 2.75) is 18.6 Å². The van der Waals surface area contributed by atoms with E-state index in [2.05, 4.69) is 19.8 Å². The van der Waals surface area contributed by atoms with Gasteiger partial charge in [0.1, 0.15) is 0 Å². The summed E-state index contributed by atoms with van der Waals surface area (Å²) in [5, 5.41) is 0. The average molecular weight is 320 g/mol. The summed E-state index contributed by atoms with van der Waals surface area (Å²) >= 11 is 0. The molecule has 120 valence electrons. The summed E-state index contributed by atoms with van der Waals surface area (Å²) in [4.78, 5) is 13.2. The molecule has 1 aromatic heterocycles. The predicted octanol–water partition coefficient (Wildman–Crippen LogP) is 3.19. The fourth-order valence-corrected chi connectivity index (χ4v) is 3.27. The summed E-state index contributed by atoms with van der Waals surface area (Å²) in [6.07, 6.45) is -1.59. The molecule has 0 aliphatic carbocycles. The summed E-state index contributed by atoms with van der Waals surface area (Å²) in [5.41, 5.74) is 0.648. The van der Waals surface area contributed by atoms with Crippen LogP contribution < -0.4 is 9.80 Å². The topological polar surface area (TPSA) is 32.3 Å². The Morgan fingerprint density at radius 2 is 2.09 bits per heavy atom. The van der Waals surface area contributed by atoms with Crippen LogP contribution in [0.5, 0.6) is 0 Å². The van der Waals surface area contributed by atoms with Gasteiger partial charge in [0.15, 0.2) is 11.6 Å². The van der Waals surface area contributed by atoms with Crippen LogP contribution in [0.15, 0.2) is 30.5 Å². The van der Waals surface area contributed by atoms with Crippen molar-refractivity contribution in [3.63, 3.8) is 0 Å². The largest absolute Gasteiger partial charge is 0.416 e. The van der Waals surface area contributed by atoms with Crippen molar-refractivity contribution < 1.29 is 13.2 Å². The summed E-state index contributed by atoms with van der Waals surface area (Å²) in [7, 11) is 1.98. The predicted molar refractivity (Wildman–Crippen MR) is 81.5 cm³/mol. The molecule has 3 heterocycles. The quantitative estimate of drug-likeness (QED) is 0.808. The lowest BCUT2D eigenvalue weighted by Gasteiger charge is -2.34. The number of likely N-dealkylation sites (N-methyl/N-ethyl adjacent to an activating group) is 1. The van der Waals surface area contributed by atoms with Crippen molar-refractivity contribution in [1.82, 2.24) is 9.97 Å². The lowest BCUT2D eigenvalue weighted by atomic mass is 10.1. The molecule has 0 radical (unpaired) electrons. The molecule has 0 saturated carbocycles. The summed E-state index contributed by atoms with van der Waals surface area (Å²) in [6, 6.07) is 5.55. The van der Waals surface area contributed by atoms with Crippen molar-refractivity contribution in [3.05, 3.63) is 36.0 Å². The van der Waals surface area contributed by atoms with Crippen molar-refractivity contribution >= 4 is 11.5 Å². The lowest BCUT2D eigenvalue weighted by molar-refractivity contribution is -0.137. The van der Waals surface area contributed by atoms with Crippen LogP contribution in [-0.2, 0) is 6.18 Å². The Balaban J connectivity index is 1.77. The fraction of sp³-hybridized carbons (Fsp3) is 0.375. The van der Waals surface area contributed by atoms with E-state index in [1.807, 2.05) is 7.05 Å². The summed E-state index contributed by atoms with van der Waals surface area (Å²) < 4.78 is 38.6. The molecule has 1 aromatic carbocycles. The number of benzene rings is 1. The van der Waals surface area contributed by atoms with E-state index in [1.165, 1.54) is 6.07 Å². The number of nitrogens with zero attached hydrogens (tertiary/aromatic N) is 4. The van der Waals surface area contributed by atoms with Crippen LogP contribution in [0.2, 0.25) is 0 Å². The highest BCUT2D eigenvalue weighted by Crippen LogP contribution is 2.38. The van der Waals surface area contributed by atoms with Crippen molar-refractivity contribution in [2.24, 2.45) is 0 Å². The number of anilines is 2. The average Bonchev–Trinajstić information content (AvgIpc) is 2.98. The molecule has 2 aromatic rings. The molecule has 4 nitrogen and oxygen atoms in total. The molecule has 0 amide bonds. The highest BCUT2D eigenvalue weighted by Gasteiger charge is 2.35. The first-order valence-electron chi connectivity index (χ1n) is 7.46. The molecule has 7 heteroatoms. The van der Waals surface area contributed by atoms with Crippen LogP contribution in [-0.4, -0.2) is 36.1 Å². The van der Waals surface area contributed by atoms with Gasteiger partial charge in [0.2, 0.25) is 0 Å². The fourth-order valence-electron chi connectivity index (χ4n) is 3.27. The Labute approximate surface area is 131 Å². The number of fused-ring (bicyclic) bond motifs is 4. The number of halogens is 3. The second kappa shape index (κ2) is 4.84. The minimum atomic E-state index is -4.37.